The summed E-state index contributed by atoms with van der Waals surface area (Å²) < 4.78 is 17.6. The fraction of sp³-hybridized carbons (Fsp3) is 0.130. The molecule has 0 aliphatic rings. The van der Waals surface area contributed by atoms with E-state index >= 15 is 0 Å². The molecule has 0 unspecified atom stereocenters. The third-order valence-corrected chi connectivity index (χ3v) is 5.63. The Balaban J connectivity index is 1.77. The first kappa shape index (κ1) is 22.2. The Labute approximate surface area is 192 Å². The van der Waals surface area contributed by atoms with E-state index in [0.717, 1.165) is 6.21 Å². The fourth-order valence-corrected chi connectivity index (χ4v) is 3.69. The van der Waals surface area contributed by atoms with E-state index < -0.39 is 11.4 Å². The molecule has 0 aliphatic carbocycles. The summed E-state index contributed by atoms with van der Waals surface area (Å²) in [6.07, 6.45) is 1.14. The van der Waals surface area contributed by atoms with Crippen molar-refractivity contribution in [1.82, 2.24) is 18.9 Å². The quantitative estimate of drug-likeness (QED) is 0.349. The largest absolute Gasteiger partial charge is 0.494 e. The molecule has 0 aliphatic heterocycles. The Morgan fingerprint density at radius 2 is 1.79 bits per heavy atom. The number of hydrogen-bond acceptors (Lipinski definition) is 5. The van der Waals surface area contributed by atoms with Gasteiger partial charge in [0.1, 0.15) is 11.4 Å². The molecule has 0 bridgehead atoms. The number of aliphatic imine (C=N–C) groups is 1. The first-order chi connectivity index (χ1) is 15.8. The van der Waals surface area contributed by atoms with Crippen LogP contribution in [0.3, 0.4) is 0 Å². The van der Waals surface area contributed by atoms with Crippen molar-refractivity contribution < 1.29 is 9.50 Å². The molecule has 0 fully saturated rings. The number of para-hydroxylation sites is 1. The van der Waals surface area contributed by atoms with Gasteiger partial charge in [-0.1, -0.05) is 30.3 Å². The summed E-state index contributed by atoms with van der Waals surface area (Å²) in [7, 11) is 1.73. The number of benzene rings is 2. The molecule has 2 aromatic carbocycles. The van der Waals surface area contributed by atoms with Gasteiger partial charge in [0.25, 0.3) is 11.1 Å². The number of hydrogen-bond donors (Lipinski definition) is 2. The standard InChI is InChI=1S/C23H20FN5O3S/c1-14-19(22(32)29(27(14)2)17-6-4-3-5-7-17)25-12-18-20(30)26-23(33)28(21(18)31)13-15-8-10-16(24)11-9-15/h3-12,31H,13H2,1-2H3,(H,26,30,33). The molecular formula is C23H20FN5O3S. The summed E-state index contributed by atoms with van der Waals surface area (Å²) in [5, 5.41) is 10.7. The molecule has 0 amide bonds. The van der Waals surface area contributed by atoms with Crippen molar-refractivity contribution in [3.05, 3.63) is 103 Å². The van der Waals surface area contributed by atoms with Crippen molar-refractivity contribution in [2.24, 2.45) is 12.0 Å². The van der Waals surface area contributed by atoms with Gasteiger partial charge in [0.15, 0.2) is 10.5 Å². The summed E-state index contributed by atoms with van der Waals surface area (Å²) >= 11 is 5.18. The van der Waals surface area contributed by atoms with Gasteiger partial charge in [-0.05, 0) is 49.0 Å². The molecule has 2 heterocycles. The number of nitrogens with one attached hydrogen (secondary N) is 1. The third kappa shape index (κ3) is 4.20. The maximum Gasteiger partial charge on any atom is 0.297 e. The van der Waals surface area contributed by atoms with E-state index in [4.69, 9.17) is 12.2 Å². The number of H-pyrrole nitrogens is 1. The second kappa shape index (κ2) is 8.83. The van der Waals surface area contributed by atoms with Crippen molar-refractivity contribution >= 4 is 24.1 Å². The maximum absolute atomic E-state index is 13.2. The second-order valence-corrected chi connectivity index (χ2v) is 7.76. The van der Waals surface area contributed by atoms with Gasteiger partial charge in [-0.25, -0.2) is 14.1 Å². The number of nitrogens with zero attached hydrogens (tertiary/aromatic N) is 4. The van der Waals surface area contributed by atoms with Crippen LogP contribution in [0, 0.1) is 17.5 Å². The predicted molar refractivity (Wildman–Crippen MR) is 126 cm³/mol. The first-order valence-corrected chi connectivity index (χ1v) is 10.4. The molecule has 0 radical (unpaired) electrons. The zero-order valence-corrected chi connectivity index (χ0v) is 18.6. The van der Waals surface area contributed by atoms with Crippen molar-refractivity contribution in [3.63, 3.8) is 0 Å². The summed E-state index contributed by atoms with van der Waals surface area (Å²) in [4.78, 5) is 32.2. The first-order valence-electron chi connectivity index (χ1n) is 9.96. The molecule has 0 saturated heterocycles. The summed E-state index contributed by atoms with van der Waals surface area (Å²) in [6, 6.07) is 14.8. The number of aromatic amines is 1. The van der Waals surface area contributed by atoms with Gasteiger partial charge in [-0.2, -0.15) is 0 Å². The SMILES string of the molecule is Cc1c(N=Cc2c(O)n(Cc3ccc(F)cc3)c(=S)[nH]c2=O)c(=O)n(-c2ccccc2)n1C. The molecule has 8 nitrogen and oxygen atoms in total. The molecule has 2 aromatic heterocycles. The number of aromatic hydroxyl groups is 1. The Morgan fingerprint density at radius 3 is 2.45 bits per heavy atom. The van der Waals surface area contributed by atoms with Crippen LogP contribution in [0.15, 0.2) is 69.2 Å². The highest BCUT2D eigenvalue weighted by molar-refractivity contribution is 7.71. The Morgan fingerprint density at radius 1 is 1.12 bits per heavy atom. The predicted octanol–water partition coefficient (Wildman–Crippen LogP) is 3.35. The Hall–Kier alpha value is -4.05. The highest BCUT2D eigenvalue weighted by Crippen LogP contribution is 2.19. The van der Waals surface area contributed by atoms with Gasteiger partial charge < -0.3 is 5.11 Å². The normalized spacial score (nSPS) is 11.4. The minimum absolute atomic E-state index is 0.00120. The van der Waals surface area contributed by atoms with Crippen molar-refractivity contribution in [2.75, 3.05) is 0 Å². The van der Waals surface area contributed by atoms with Gasteiger partial charge in [-0.3, -0.25) is 23.8 Å². The monoisotopic (exact) mass is 465 g/mol. The summed E-state index contributed by atoms with van der Waals surface area (Å²) in [5.41, 5.74) is 0.883. The molecule has 4 aromatic rings. The van der Waals surface area contributed by atoms with Gasteiger partial charge in [0.2, 0.25) is 5.88 Å². The van der Waals surface area contributed by atoms with Crippen LogP contribution in [0.1, 0.15) is 16.8 Å². The van der Waals surface area contributed by atoms with E-state index in [1.807, 2.05) is 18.2 Å². The van der Waals surface area contributed by atoms with E-state index in [-0.39, 0.29) is 33.9 Å². The molecular weight excluding hydrogens is 445 g/mol. The van der Waals surface area contributed by atoms with E-state index in [2.05, 4.69) is 9.98 Å². The maximum atomic E-state index is 13.2. The molecule has 168 valence electrons. The van der Waals surface area contributed by atoms with Crippen LogP contribution in [0.25, 0.3) is 5.69 Å². The van der Waals surface area contributed by atoms with Crippen LogP contribution in [-0.2, 0) is 13.6 Å². The average Bonchev–Trinajstić information content (AvgIpc) is 3.01. The summed E-state index contributed by atoms with van der Waals surface area (Å²) in [6.45, 7) is 1.84. The van der Waals surface area contributed by atoms with Crippen LogP contribution in [0.4, 0.5) is 10.1 Å². The van der Waals surface area contributed by atoms with Gasteiger partial charge >= 0.3 is 0 Å². The zero-order valence-electron chi connectivity index (χ0n) is 17.8. The minimum atomic E-state index is -0.645. The number of rotatable bonds is 5. The molecule has 10 heteroatoms. The van der Waals surface area contributed by atoms with Crippen LogP contribution in [-0.4, -0.2) is 30.2 Å². The minimum Gasteiger partial charge on any atom is -0.494 e. The van der Waals surface area contributed by atoms with Crippen molar-refractivity contribution in [2.45, 2.75) is 13.5 Å². The van der Waals surface area contributed by atoms with Crippen LogP contribution in [0.5, 0.6) is 5.88 Å². The van der Waals surface area contributed by atoms with Crippen molar-refractivity contribution in [3.8, 4) is 11.6 Å². The Bertz CT molecular complexity index is 1530. The molecule has 0 spiro atoms. The topological polar surface area (TPSA) is 97.3 Å². The molecule has 0 saturated carbocycles. The number of halogens is 1. The van der Waals surface area contributed by atoms with Crippen LogP contribution in [0.2, 0.25) is 0 Å². The van der Waals surface area contributed by atoms with Gasteiger partial charge in [0.05, 0.1) is 17.9 Å². The third-order valence-electron chi connectivity index (χ3n) is 5.31. The molecule has 0 atom stereocenters. The van der Waals surface area contributed by atoms with Crippen molar-refractivity contribution in [1.29, 1.82) is 0 Å². The van der Waals surface area contributed by atoms with E-state index in [1.165, 1.54) is 21.4 Å². The van der Waals surface area contributed by atoms with Gasteiger partial charge in [-0.15, -0.1) is 0 Å². The summed E-state index contributed by atoms with van der Waals surface area (Å²) in [5.74, 6) is -0.797. The lowest BCUT2D eigenvalue weighted by Gasteiger charge is -2.11. The average molecular weight is 466 g/mol. The highest BCUT2D eigenvalue weighted by atomic mass is 32.1. The van der Waals surface area contributed by atoms with E-state index in [9.17, 15) is 19.1 Å². The molecule has 2 N–H and O–H groups in total. The van der Waals surface area contributed by atoms with E-state index in [1.54, 1.807) is 42.9 Å². The zero-order chi connectivity index (χ0) is 23.7. The second-order valence-electron chi connectivity index (χ2n) is 7.38. The highest BCUT2D eigenvalue weighted by Gasteiger charge is 2.16. The lowest BCUT2D eigenvalue weighted by molar-refractivity contribution is 0.411. The fourth-order valence-electron chi connectivity index (χ4n) is 3.44. The number of aromatic nitrogens is 4. The van der Waals surface area contributed by atoms with Gasteiger partial charge in [0, 0.05) is 13.3 Å². The lowest BCUT2D eigenvalue weighted by Crippen LogP contribution is -2.20. The van der Waals surface area contributed by atoms with E-state index in [0.29, 0.717) is 16.9 Å². The lowest BCUT2D eigenvalue weighted by atomic mass is 10.2. The smallest absolute Gasteiger partial charge is 0.297 e. The molecule has 33 heavy (non-hydrogen) atoms. The Kier molecular flexibility index (Phi) is 5.93. The molecule has 4 rings (SSSR count). The van der Waals surface area contributed by atoms with Crippen LogP contribution < -0.4 is 11.1 Å². The van der Waals surface area contributed by atoms with Crippen LogP contribution >= 0.6 is 12.2 Å².